The average molecular weight is 178 g/mol. The molecule has 3 heteroatoms. The number of rotatable bonds is 1. The lowest BCUT2D eigenvalue weighted by Crippen LogP contribution is -2.34. The van der Waals surface area contributed by atoms with Gasteiger partial charge in [-0.15, -0.1) is 0 Å². The lowest BCUT2D eigenvalue weighted by molar-refractivity contribution is -0.206. The second-order valence-corrected chi connectivity index (χ2v) is 3.59. The highest BCUT2D eigenvalue weighted by atomic mass is 16.7. The maximum absolute atomic E-state index is 5.57. The monoisotopic (exact) mass is 178 g/mol. The summed E-state index contributed by atoms with van der Waals surface area (Å²) in [4.78, 5) is 9.68. The van der Waals surface area contributed by atoms with Crippen LogP contribution in [0.15, 0.2) is 18.5 Å². The summed E-state index contributed by atoms with van der Waals surface area (Å²) in [7, 11) is 0. The highest BCUT2D eigenvalue weighted by molar-refractivity contribution is 5.23. The summed E-state index contributed by atoms with van der Waals surface area (Å²) in [5.41, 5.74) is 2.54. The quantitative estimate of drug-likeness (QED) is 0.655. The number of hydrogen-bond donors (Lipinski definition) is 0. The zero-order valence-corrected chi connectivity index (χ0v) is 8.03. The Morgan fingerprint density at radius 1 is 1.46 bits per heavy atom. The molecule has 13 heavy (non-hydrogen) atoms. The van der Waals surface area contributed by atoms with Crippen molar-refractivity contribution in [1.29, 1.82) is 0 Å². The minimum atomic E-state index is 0.424. The van der Waals surface area contributed by atoms with Crippen LogP contribution in [0.3, 0.4) is 0 Å². The fourth-order valence-electron chi connectivity index (χ4n) is 1.44. The third-order valence-electron chi connectivity index (χ3n) is 2.29. The van der Waals surface area contributed by atoms with Gasteiger partial charge in [-0.05, 0) is 31.0 Å². The van der Waals surface area contributed by atoms with Crippen LogP contribution in [0.1, 0.15) is 25.0 Å². The van der Waals surface area contributed by atoms with E-state index in [1.54, 1.807) is 0 Å². The molecule has 0 fully saturated rings. The van der Waals surface area contributed by atoms with Crippen LogP contribution in [-0.4, -0.2) is 16.1 Å². The van der Waals surface area contributed by atoms with Crippen molar-refractivity contribution in [3.63, 3.8) is 0 Å². The smallest absolute Gasteiger partial charge is 0.0940 e. The highest BCUT2D eigenvalue weighted by Gasteiger charge is 2.18. The molecule has 0 bridgehead atoms. The molecule has 2 rings (SSSR count). The Balaban J connectivity index is 2.20. The van der Waals surface area contributed by atoms with Gasteiger partial charge in [0.25, 0.3) is 0 Å². The van der Waals surface area contributed by atoms with Crippen molar-refractivity contribution in [1.82, 2.24) is 10.0 Å². The molecule has 0 aromatic carbocycles. The van der Waals surface area contributed by atoms with Gasteiger partial charge in [-0.25, -0.2) is 0 Å². The molecular formula is C10H14N2O. The zero-order chi connectivity index (χ0) is 9.26. The summed E-state index contributed by atoms with van der Waals surface area (Å²) in [6, 6.07) is 2.45. The van der Waals surface area contributed by atoms with E-state index in [1.165, 1.54) is 11.1 Å². The second-order valence-electron chi connectivity index (χ2n) is 3.59. The van der Waals surface area contributed by atoms with Gasteiger partial charge >= 0.3 is 0 Å². The summed E-state index contributed by atoms with van der Waals surface area (Å²) in [6.45, 7) is 5.78. The standard InChI is InChI=1S/C10H14N2O/c1-8(2)12-6-10-5-11-4-3-9(10)7-13-12/h3-5,8H,6-7H2,1-2H3. The molecule has 0 spiro atoms. The molecule has 70 valence electrons. The SMILES string of the molecule is CC(C)N1Cc2cnccc2CO1. The number of hydrogen-bond acceptors (Lipinski definition) is 3. The van der Waals surface area contributed by atoms with Crippen LogP contribution in [0.25, 0.3) is 0 Å². The van der Waals surface area contributed by atoms with Gasteiger partial charge in [0, 0.05) is 18.4 Å². The lowest BCUT2D eigenvalue weighted by Gasteiger charge is -2.30. The van der Waals surface area contributed by atoms with E-state index >= 15 is 0 Å². The first kappa shape index (κ1) is 8.66. The van der Waals surface area contributed by atoms with Crippen LogP contribution in [-0.2, 0) is 18.0 Å². The van der Waals surface area contributed by atoms with Gasteiger partial charge in [0.2, 0.25) is 0 Å². The van der Waals surface area contributed by atoms with Gasteiger partial charge in [0.05, 0.1) is 13.2 Å². The van der Waals surface area contributed by atoms with Crippen LogP contribution < -0.4 is 0 Å². The van der Waals surface area contributed by atoms with Crippen molar-refractivity contribution in [3.05, 3.63) is 29.6 Å². The van der Waals surface area contributed by atoms with Gasteiger partial charge in [-0.2, -0.15) is 5.06 Å². The molecule has 1 aromatic rings. The largest absolute Gasteiger partial charge is 0.294 e. The Morgan fingerprint density at radius 3 is 3.08 bits per heavy atom. The van der Waals surface area contributed by atoms with E-state index < -0.39 is 0 Å². The average Bonchev–Trinajstić information content (AvgIpc) is 2.17. The summed E-state index contributed by atoms with van der Waals surface area (Å²) < 4.78 is 0. The molecular weight excluding hydrogens is 164 g/mol. The highest BCUT2D eigenvalue weighted by Crippen LogP contribution is 2.19. The fraction of sp³-hybridized carbons (Fsp3) is 0.500. The first-order valence-electron chi connectivity index (χ1n) is 4.58. The third kappa shape index (κ3) is 1.71. The zero-order valence-electron chi connectivity index (χ0n) is 8.03. The summed E-state index contributed by atoms with van der Waals surface area (Å²) in [6.07, 6.45) is 3.74. The Kier molecular flexibility index (Phi) is 2.29. The van der Waals surface area contributed by atoms with Crippen molar-refractivity contribution in [2.75, 3.05) is 0 Å². The molecule has 0 saturated carbocycles. The van der Waals surface area contributed by atoms with E-state index in [0.717, 1.165) is 6.54 Å². The van der Waals surface area contributed by atoms with Crippen molar-refractivity contribution in [3.8, 4) is 0 Å². The normalized spacial score (nSPS) is 17.5. The minimum absolute atomic E-state index is 0.424. The number of hydroxylamine groups is 2. The van der Waals surface area contributed by atoms with Crippen molar-refractivity contribution in [2.24, 2.45) is 0 Å². The molecule has 1 aromatic heterocycles. The van der Waals surface area contributed by atoms with Crippen molar-refractivity contribution < 1.29 is 4.84 Å². The van der Waals surface area contributed by atoms with Gasteiger partial charge in [0.15, 0.2) is 0 Å². The molecule has 0 aliphatic carbocycles. The van der Waals surface area contributed by atoms with E-state index in [9.17, 15) is 0 Å². The lowest BCUT2D eigenvalue weighted by atomic mass is 10.1. The topological polar surface area (TPSA) is 25.4 Å². The third-order valence-corrected chi connectivity index (χ3v) is 2.29. The van der Waals surface area contributed by atoms with Crippen LogP contribution >= 0.6 is 0 Å². The number of pyridine rings is 1. The molecule has 1 aliphatic heterocycles. The maximum Gasteiger partial charge on any atom is 0.0940 e. The number of aromatic nitrogens is 1. The van der Waals surface area contributed by atoms with Crippen LogP contribution in [0.2, 0.25) is 0 Å². The summed E-state index contributed by atoms with van der Waals surface area (Å²) >= 11 is 0. The van der Waals surface area contributed by atoms with Crippen molar-refractivity contribution >= 4 is 0 Å². The Morgan fingerprint density at radius 2 is 2.31 bits per heavy atom. The van der Waals surface area contributed by atoms with Crippen LogP contribution in [0, 0.1) is 0 Å². The number of nitrogens with zero attached hydrogens (tertiary/aromatic N) is 2. The molecule has 0 N–H and O–H groups in total. The Hall–Kier alpha value is -0.930. The molecule has 2 heterocycles. The van der Waals surface area contributed by atoms with E-state index in [1.807, 2.05) is 23.5 Å². The van der Waals surface area contributed by atoms with E-state index in [2.05, 4.69) is 18.8 Å². The molecule has 0 atom stereocenters. The van der Waals surface area contributed by atoms with E-state index in [0.29, 0.717) is 12.6 Å². The molecule has 3 nitrogen and oxygen atoms in total. The predicted molar refractivity (Wildman–Crippen MR) is 49.7 cm³/mol. The van der Waals surface area contributed by atoms with Crippen LogP contribution in [0.4, 0.5) is 0 Å². The van der Waals surface area contributed by atoms with Gasteiger partial charge < -0.3 is 0 Å². The van der Waals surface area contributed by atoms with E-state index in [-0.39, 0.29) is 0 Å². The predicted octanol–water partition coefficient (Wildman–Crippen LogP) is 1.74. The first-order chi connectivity index (χ1) is 6.27. The van der Waals surface area contributed by atoms with Crippen molar-refractivity contribution in [2.45, 2.75) is 33.0 Å². The summed E-state index contributed by atoms with van der Waals surface area (Å²) in [5.74, 6) is 0. The first-order valence-corrected chi connectivity index (χ1v) is 4.58. The Labute approximate surface area is 78.3 Å². The summed E-state index contributed by atoms with van der Waals surface area (Å²) in [5, 5.41) is 1.99. The fourth-order valence-corrected chi connectivity index (χ4v) is 1.44. The maximum atomic E-state index is 5.57. The molecule has 0 radical (unpaired) electrons. The molecule has 0 amide bonds. The number of fused-ring (bicyclic) bond motifs is 1. The van der Waals surface area contributed by atoms with E-state index in [4.69, 9.17) is 4.84 Å². The molecule has 0 saturated heterocycles. The molecule has 1 aliphatic rings. The minimum Gasteiger partial charge on any atom is -0.294 e. The van der Waals surface area contributed by atoms with Gasteiger partial charge in [-0.1, -0.05) is 0 Å². The van der Waals surface area contributed by atoms with Gasteiger partial charge in [0.1, 0.15) is 0 Å². The van der Waals surface area contributed by atoms with Crippen LogP contribution in [0.5, 0.6) is 0 Å². The van der Waals surface area contributed by atoms with Gasteiger partial charge in [-0.3, -0.25) is 9.82 Å². The molecule has 0 unspecified atom stereocenters. The second kappa shape index (κ2) is 3.44. The Bertz CT molecular complexity index is 299.